The molecule has 1 heterocycles. The van der Waals surface area contributed by atoms with E-state index >= 15 is 0 Å². The lowest BCUT2D eigenvalue weighted by molar-refractivity contribution is -0.138. The molecule has 0 unspecified atom stereocenters. The molecule has 1 saturated heterocycles. The van der Waals surface area contributed by atoms with E-state index in [9.17, 15) is 9.59 Å². The number of amides is 1. The molecule has 1 rings (SSSR count). The molecular weight excluding hydrogens is 130 g/mol. The van der Waals surface area contributed by atoms with E-state index in [0.29, 0.717) is 6.42 Å². The summed E-state index contributed by atoms with van der Waals surface area (Å²) in [7, 11) is 0. The summed E-state index contributed by atoms with van der Waals surface area (Å²) >= 11 is 0. The van der Waals surface area contributed by atoms with Crippen LogP contribution in [0.3, 0.4) is 0 Å². The average Bonchev–Trinajstić information content (AvgIpc) is 1.95. The van der Waals surface area contributed by atoms with Gasteiger partial charge >= 0.3 is 0 Å². The highest BCUT2D eigenvalue weighted by atomic mass is 16.2. The fourth-order valence-electron chi connectivity index (χ4n) is 1.00. The zero-order valence-corrected chi connectivity index (χ0v) is 5.54. The molecule has 1 fully saturated rings. The standard InChI is InChI=1S/C7H9NO2/c1-2-3-5-6(4-9)8-7(5)10/h2,4-6H,1,3H2,(H,8,10)/t5-,6+/m0/s1. The molecule has 1 amide bonds. The Hall–Kier alpha value is -1.12. The van der Waals surface area contributed by atoms with Crippen molar-refractivity contribution in [2.24, 2.45) is 5.92 Å². The molecule has 0 aromatic carbocycles. The first kappa shape index (κ1) is 6.99. The van der Waals surface area contributed by atoms with Crippen LogP contribution in [-0.2, 0) is 9.59 Å². The molecule has 0 saturated carbocycles. The maximum Gasteiger partial charge on any atom is 0.226 e. The zero-order valence-electron chi connectivity index (χ0n) is 5.54. The van der Waals surface area contributed by atoms with Crippen molar-refractivity contribution >= 4 is 12.2 Å². The number of hydrogen-bond donors (Lipinski definition) is 1. The Bertz CT molecular complexity index is 176. The fourth-order valence-corrected chi connectivity index (χ4v) is 1.00. The largest absolute Gasteiger partial charge is 0.345 e. The fraction of sp³-hybridized carbons (Fsp3) is 0.429. The van der Waals surface area contributed by atoms with Crippen LogP contribution in [0.2, 0.25) is 0 Å². The number of aldehydes is 1. The maximum atomic E-state index is 10.7. The predicted octanol–water partition coefficient (Wildman–Crippen LogP) is -0.124. The third-order valence-corrected chi connectivity index (χ3v) is 1.65. The Labute approximate surface area is 59.1 Å². The second-order valence-corrected chi connectivity index (χ2v) is 2.30. The van der Waals surface area contributed by atoms with Crippen LogP contribution in [-0.4, -0.2) is 18.2 Å². The Morgan fingerprint density at radius 3 is 2.80 bits per heavy atom. The molecule has 10 heavy (non-hydrogen) atoms. The van der Waals surface area contributed by atoms with Gasteiger partial charge in [0.15, 0.2) is 0 Å². The zero-order chi connectivity index (χ0) is 7.56. The van der Waals surface area contributed by atoms with E-state index in [0.717, 1.165) is 6.29 Å². The van der Waals surface area contributed by atoms with Crippen molar-refractivity contribution in [3.8, 4) is 0 Å². The van der Waals surface area contributed by atoms with Gasteiger partial charge in [-0.05, 0) is 6.42 Å². The quantitative estimate of drug-likeness (QED) is 0.336. The van der Waals surface area contributed by atoms with Crippen LogP contribution in [0.1, 0.15) is 6.42 Å². The first-order chi connectivity index (χ1) is 4.79. The van der Waals surface area contributed by atoms with Gasteiger partial charge in [-0.1, -0.05) is 6.08 Å². The molecule has 0 aliphatic carbocycles. The maximum absolute atomic E-state index is 10.7. The average molecular weight is 139 g/mol. The van der Waals surface area contributed by atoms with Crippen LogP contribution in [0.25, 0.3) is 0 Å². The smallest absolute Gasteiger partial charge is 0.226 e. The summed E-state index contributed by atoms with van der Waals surface area (Å²) in [6.07, 6.45) is 3.00. The number of hydrogen-bond acceptors (Lipinski definition) is 2. The van der Waals surface area contributed by atoms with Crippen LogP contribution in [0.4, 0.5) is 0 Å². The summed E-state index contributed by atoms with van der Waals surface area (Å²) in [5, 5.41) is 2.47. The van der Waals surface area contributed by atoms with Crippen LogP contribution in [0.15, 0.2) is 12.7 Å². The SMILES string of the molecule is C=CC[C@@H]1C(=O)N[C@@H]1C=O. The van der Waals surface area contributed by atoms with Crippen molar-refractivity contribution in [1.82, 2.24) is 5.32 Å². The summed E-state index contributed by atoms with van der Waals surface area (Å²) in [4.78, 5) is 20.8. The highest BCUT2D eigenvalue weighted by Crippen LogP contribution is 2.16. The van der Waals surface area contributed by atoms with E-state index in [-0.39, 0.29) is 17.9 Å². The summed E-state index contributed by atoms with van der Waals surface area (Å²) in [5.74, 6) is -0.202. The first-order valence-electron chi connectivity index (χ1n) is 3.16. The number of rotatable bonds is 3. The number of β-lactam (4-membered cyclic amide) rings is 1. The molecule has 0 spiro atoms. The third-order valence-electron chi connectivity index (χ3n) is 1.65. The molecular formula is C7H9NO2. The van der Waals surface area contributed by atoms with Gasteiger partial charge in [0.05, 0.1) is 12.0 Å². The highest BCUT2D eigenvalue weighted by Gasteiger charge is 2.37. The predicted molar refractivity (Wildman–Crippen MR) is 36.3 cm³/mol. The Balaban J connectivity index is 2.46. The molecule has 0 bridgehead atoms. The normalized spacial score (nSPS) is 30.2. The second kappa shape index (κ2) is 2.64. The van der Waals surface area contributed by atoms with Crippen molar-refractivity contribution in [2.45, 2.75) is 12.5 Å². The summed E-state index contributed by atoms with van der Waals surface area (Å²) < 4.78 is 0. The van der Waals surface area contributed by atoms with E-state index in [1.165, 1.54) is 0 Å². The van der Waals surface area contributed by atoms with Crippen LogP contribution in [0.5, 0.6) is 0 Å². The topological polar surface area (TPSA) is 46.2 Å². The van der Waals surface area contributed by atoms with Crippen LogP contribution < -0.4 is 5.32 Å². The number of nitrogens with one attached hydrogen (secondary N) is 1. The lowest BCUT2D eigenvalue weighted by atomic mass is 9.89. The summed E-state index contributed by atoms with van der Waals surface area (Å²) in [6.45, 7) is 3.49. The molecule has 3 heteroatoms. The van der Waals surface area contributed by atoms with Crippen LogP contribution >= 0.6 is 0 Å². The Morgan fingerprint density at radius 2 is 2.40 bits per heavy atom. The van der Waals surface area contributed by atoms with Crippen molar-refractivity contribution in [3.63, 3.8) is 0 Å². The summed E-state index contributed by atoms with van der Waals surface area (Å²) in [5.41, 5.74) is 0. The minimum absolute atomic E-state index is 0.0444. The van der Waals surface area contributed by atoms with E-state index in [1.54, 1.807) is 6.08 Å². The highest BCUT2D eigenvalue weighted by molar-refractivity contribution is 5.92. The van der Waals surface area contributed by atoms with Crippen molar-refractivity contribution < 1.29 is 9.59 Å². The van der Waals surface area contributed by atoms with Gasteiger partial charge in [0.25, 0.3) is 0 Å². The number of carbonyl (C=O) groups is 2. The molecule has 54 valence electrons. The molecule has 2 atom stereocenters. The Morgan fingerprint density at radius 1 is 1.70 bits per heavy atom. The number of allylic oxidation sites excluding steroid dienone is 1. The molecule has 0 aromatic rings. The summed E-state index contributed by atoms with van der Waals surface area (Å²) in [6, 6.07) is -0.273. The van der Waals surface area contributed by atoms with Gasteiger partial charge in [0.2, 0.25) is 5.91 Å². The third kappa shape index (κ3) is 0.943. The number of carbonyl (C=O) groups excluding carboxylic acids is 2. The molecule has 1 N–H and O–H groups in total. The minimum Gasteiger partial charge on any atom is -0.345 e. The van der Waals surface area contributed by atoms with E-state index in [1.807, 2.05) is 0 Å². The van der Waals surface area contributed by atoms with Gasteiger partial charge < -0.3 is 10.1 Å². The molecule has 3 nitrogen and oxygen atoms in total. The minimum atomic E-state index is -0.273. The molecule has 1 aliphatic rings. The molecule has 1 aliphatic heterocycles. The van der Waals surface area contributed by atoms with Gasteiger partial charge in [0, 0.05) is 0 Å². The Kier molecular flexibility index (Phi) is 1.85. The first-order valence-corrected chi connectivity index (χ1v) is 3.16. The van der Waals surface area contributed by atoms with E-state index in [2.05, 4.69) is 11.9 Å². The van der Waals surface area contributed by atoms with Gasteiger partial charge in [-0.2, -0.15) is 0 Å². The van der Waals surface area contributed by atoms with E-state index < -0.39 is 0 Å². The van der Waals surface area contributed by atoms with Gasteiger partial charge in [-0.15, -0.1) is 6.58 Å². The lowest BCUT2D eigenvalue weighted by Gasteiger charge is -2.31. The molecule has 0 radical (unpaired) electrons. The van der Waals surface area contributed by atoms with Crippen molar-refractivity contribution in [2.75, 3.05) is 0 Å². The monoisotopic (exact) mass is 139 g/mol. The molecule has 0 aromatic heterocycles. The van der Waals surface area contributed by atoms with E-state index in [4.69, 9.17) is 0 Å². The van der Waals surface area contributed by atoms with Crippen molar-refractivity contribution in [3.05, 3.63) is 12.7 Å². The van der Waals surface area contributed by atoms with Gasteiger partial charge in [0.1, 0.15) is 6.29 Å². The van der Waals surface area contributed by atoms with Gasteiger partial charge in [-0.3, -0.25) is 4.79 Å². The van der Waals surface area contributed by atoms with Gasteiger partial charge in [-0.25, -0.2) is 0 Å². The second-order valence-electron chi connectivity index (χ2n) is 2.30. The van der Waals surface area contributed by atoms with Crippen LogP contribution in [0, 0.1) is 5.92 Å². The van der Waals surface area contributed by atoms with Crippen molar-refractivity contribution in [1.29, 1.82) is 0 Å². The lowest BCUT2D eigenvalue weighted by Crippen LogP contribution is -2.58.